The normalized spacial score (nSPS) is 13.8. The summed E-state index contributed by atoms with van der Waals surface area (Å²) in [7, 11) is 0. The summed E-state index contributed by atoms with van der Waals surface area (Å²) < 4.78 is 10.9. The average molecular weight is 368 g/mol. The molecule has 0 unspecified atom stereocenters. The summed E-state index contributed by atoms with van der Waals surface area (Å²) >= 11 is 1.39. The fraction of sp³-hybridized carbons (Fsp3) is 0.350. The Balaban J connectivity index is 1.62. The van der Waals surface area contributed by atoms with Crippen LogP contribution < -0.4 is 9.47 Å². The van der Waals surface area contributed by atoms with E-state index < -0.39 is 0 Å². The number of aryl methyl sites for hydroxylation is 2. The molecule has 1 aliphatic rings. The van der Waals surface area contributed by atoms with Crippen LogP contribution in [0.1, 0.15) is 52.4 Å². The topological polar surface area (TPSA) is 61.3 Å². The Kier molecular flexibility index (Phi) is 4.36. The summed E-state index contributed by atoms with van der Waals surface area (Å²) in [5, 5.41) is 0.970. The van der Waals surface area contributed by atoms with E-state index in [1.54, 1.807) is 24.3 Å². The monoisotopic (exact) mass is 368 g/mol. The Hall–Kier alpha value is -2.47. The van der Waals surface area contributed by atoms with Crippen molar-refractivity contribution in [2.24, 2.45) is 0 Å². The Labute approximate surface area is 156 Å². The number of hydrogen-bond donors (Lipinski definition) is 0. The van der Waals surface area contributed by atoms with Crippen LogP contribution in [0, 0.1) is 13.8 Å². The molecule has 0 saturated heterocycles. The van der Waals surface area contributed by atoms with Gasteiger partial charge in [-0.05, 0) is 63.4 Å². The van der Waals surface area contributed by atoms with Crippen LogP contribution in [0.2, 0.25) is 0 Å². The highest BCUT2D eigenvalue weighted by atomic mass is 32.1. The van der Waals surface area contributed by atoms with E-state index in [0.29, 0.717) is 23.2 Å². The highest BCUT2D eigenvalue weighted by Crippen LogP contribution is 2.40. The summed E-state index contributed by atoms with van der Waals surface area (Å²) in [6, 6.07) is 7.06. The van der Waals surface area contributed by atoms with Crippen LogP contribution >= 0.6 is 11.3 Å². The van der Waals surface area contributed by atoms with Crippen molar-refractivity contribution in [2.45, 2.75) is 39.5 Å². The van der Waals surface area contributed by atoms with Gasteiger partial charge in [0.25, 0.3) is 0 Å². The van der Waals surface area contributed by atoms with Crippen molar-refractivity contribution in [3.8, 4) is 11.5 Å². The molecule has 1 aliphatic carbocycles. The summed E-state index contributed by atoms with van der Waals surface area (Å²) in [5.74, 6) is 2.28. The van der Waals surface area contributed by atoms with E-state index in [2.05, 4.69) is 9.97 Å². The lowest BCUT2D eigenvalue weighted by Crippen LogP contribution is -2.07. The second kappa shape index (κ2) is 6.68. The van der Waals surface area contributed by atoms with Crippen molar-refractivity contribution in [1.29, 1.82) is 0 Å². The molecular formula is C20H20N2O3S. The molecule has 0 aliphatic heterocycles. The number of benzene rings is 1. The van der Waals surface area contributed by atoms with Crippen LogP contribution in [0.5, 0.6) is 11.5 Å². The number of aromatic nitrogens is 2. The Morgan fingerprint density at radius 3 is 2.50 bits per heavy atom. The molecule has 1 saturated carbocycles. The zero-order chi connectivity index (χ0) is 18.3. The zero-order valence-corrected chi connectivity index (χ0v) is 15.9. The number of nitrogens with zero attached hydrogens (tertiary/aromatic N) is 2. The Bertz CT molecular complexity index is 975. The number of rotatable bonds is 5. The maximum atomic E-state index is 12.7. The second-order valence-corrected chi connectivity index (χ2v) is 7.47. The number of ether oxygens (including phenoxy) is 2. The molecule has 1 aromatic carbocycles. The van der Waals surface area contributed by atoms with Gasteiger partial charge in [0.2, 0.25) is 0 Å². The number of esters is 1. The van der Waals surface area contributed by atoms with Crippen molar-refractivity contribution >= 4 is 27.5 Å². The molecule has 0 N–H and O–H groups in total. The molecular weight excluding hydrogens is 348 g/mol. The molecule has 6 heteroatoms. The van der Waals surface area contributed by atoms with Crippen molar-refractivity contribution in [1.82, 2.24) is 9.97 Å². The van der Waals surface area contributed by atoms with Gasteiger partial charge in [0, 0.05) is 11.3 Å². The largest absolute Gasteiger partial charge is 0.494 e. The molecule has 4 rings (SSSR count). The van der Waals surface area contributed by atoms with Crippen molar-refractivity contribution in [2.75, 3.05) is 6.61 Å². The van der Waals surface area contributed by atoms with Crippen LogP contribution in [0.3, 0.4) is 0 Å². The SMILES string of the molecule is CCOc1ccc(OC(=O)c2sc3nc(C4CC4)nc(C)c3c2C)cc1. The number of thiophene rings is 1. The molecule has 3 aromatic rings. The maximum absolute atomic E-state index is 12.7. The van der Waals surface area contributed by atoms with E-state index in [0.717, 1.165) is 45.9 Å². The van der Waals surface area contributed by atoms with Gasteiger partial charge in [0.15, 0.2) is 0 Å². The van der Waals surface area contributed by atoms with Crippen molar-refractivity contribution in [3.63, 3.8) is 0 Å². The molecule has 2 heterocycles. The van der Waals surface area contributed by atoms with Gasteiger partial charge < -0.3 is 9.47 Å². The van der Waals surface area contributed by atoms with E-state index >= 15 is 0 Å². The summed E-state index contributed by atoms with van der Waals surface area (Å²) in [6.45, 7) is 6.44. The van der Waals surface area contributed by atoms with Crippen molar-refractivity contribution in [3.05, 3.63) is 46.2 Å². The highest BCUT2D eigenvalue weighted by Gasteiger charge is 2.28. The standard InChI is InChI=1S/C20H20N2O3S/c1-4-24-14-7-9-15(10-8-14)25-20(23)17-11(2)16-12(3)21-18(13-5-6-13)22-19(16)26-17/h7-10,13H,4-6H2,1-3H3. The van der Waals surface area contributed by atoms with E-state index in [4.69, 9.17) is 9.47 Å². The first kappa shape index (κ1) is 17.0. The molecule has 2 aromatic heterocycles. The molecule has 1 fully saturated rings. The van der Waals surface area contributed by atoms with Gasteiger partial charge >= 0.3 is 5.97 Å². The molecule has 0 atom stereocenters. The lowest BCUT2D eigenvalue weighted by atomic mass is 10.1. The quantitative estimate of drug-likeness (QED) is 0.478. The van der Waals surface area contributed by atoms with Gasteiger partial charge in [-0.2, -0.15) is 0 Å². The van der Waals surface area contributed by atoms with Gasteiger partial charge in [-0.15, -0.1) is 11.3 Å². The lowest BCUT2D eigenvalue weighted by molar-refractivity contribution is 0.0739. The molecule has 5 nitrogen and oxygen atoms in total. The second-order valence-electron chi connectivity index (χ2n) is 6.47. The fourth-order valence-electron chi connectivity index (χ4n) is 3.00. The third kappa shape index (κ3) is 3.17. The number of carbonyl (C=O) groups is 1. The molecule has 134 valence electrons. The van der Waals surface area contributed by atoms with E-state index in [1.807, 2.05) is 20.8 Å². The zero-order valence-electron chi connectivity index (χ0n) is 15.0. The molecule has 0 bridgehead atoms. The summed E-state index contributed by atoms with van der Waals surface area (Å²) in [4.78, 5) is 23.4. The van der Waals surface area contributed by atoms with Gasteiger partial charge in [-0.1, -0.05) is 0 Å². The summed E-state index contributed by atoms with van der Waals surface area (Å²) in [5.41, 5.74) is 1.83. The van der Waals surface area contributed by atoms with Gasteiger partial charge in [-0.3, -0.25) is 0 Å². The molecule has 0 amide bonds. The maximum Gasteiger partial charge on any atom is 0.354 e. The Morgan fingerprint density at radius 1 is 1.15 bits per heavy atom. The minimum atomic E-state index is -0.359. The minimum Gasteiger partial charge on any atom is -0.494 e. The number of carbonyl (C=O) groups excluding carboxylic acids is 1. The van der Waals surface area contributed by atoms with Crippen LogP contribution in [0.15, 0.2) is 24.3 Å². The third-order valence-corrected chi connectivity index (χ3v) is 5.63. The predicted molar refractivity (Wildman–Crippen MR) is 101 cm³/mol. The van der Waals surface area contributed by atoms with Gasteiger partial charge in [0.1, 0.15) is 27.0 Å². The van der Waals surface area contributed by atoms with E-state index in [1.165, 1.54) is 11.3 Å². The molecule has 0 radical (unpaired) electrons. The van der Waals surface area contributed by atoms with Gasteiger partial charge in [-0.25, -0.2) is 14.8 Å². The van der Waals surface area contributed by atoms with Crippen molar-refractivity contribution < 1.29 is 14.3 Å². The first-order chi connectivity index (χ1) is 12.6. The first-order valence-corrected chi connectivity index (χ1v) is 9.61. The van der Waals surface area contributed by atoms with Crippen LogP contribution in [0.4, 0.5) is 0 Å². The lowest BCUT2D eigenvalue weighted by Gasteiger charge is -2.06. The molecule has 0 spiro atoms. The average Bonchev–Trinajstić information content (AvgIpc) is 3.41. The number of hydrogen-bond acceptors (Lipinski definition) is 6. The van der Waals surface area contributed by atoms with E-state index in [9.17, 15) is 4.79 Å². The third-order valence-electron chi connectivity index (χ3n) is 4.46. The van der Waals surface area contributed by atoms with Crippen LogP contribution in [0.25, 0.3) is 10.2 Å². The van der Waals surface area contributed by atoms with Crippen LogP contribution in [-0.4, -0.2) is 22.5 Å². The minimum absolute atomic E-state index is 0.359. The molecule has 26 heavy (non-hydrogen) atoms. The fourth-order valence-corrected chi connectivity index (χ4v) is 4.12. The van der Waals surface area contributed by atoms with Crippen LogP contribution in [-0.2, 0) is 0 Å². The Morgan fingerprint density at radius 2 is 1.85 bits per heavy atom. The predicted octanol–water partition coefficient (Wildman–Crippen LogP) is 4.80. The van der Waals surface area contributed by atoms with E-state index in [-0.39, 0.29) is 5.97 Å². The summed E-state index contributed by atoms with van der Waals surface area (Å²) in [6.07, 6.45) is 2.31. The highest BCUT2D eigenvalue weighted by molar-refractivity contribution is 7.20. The van der Waals surface area contributed by atoms with Gasteiger partial charge in [0.05, 0.1) is 12.3 Å². The first-order valence-electron chi connectivity index (χ1n) is 8.79. The number of fused-ring (bicyclic) bond motifs is 1. The smallest absolute Gasteiger partial charge is 0.354 e.